The van der Waals surface area contributed by atoms with E-state index in [4.69, 9.17) is 33.0 Å². The van der Waals surface area contributed by atoms with Gasteiger partial charge in [0, 0.05) is 10.0 Å². The molecule has 7 heteroatoms. The number of amides is 1. The van der Waals surface area contributed by atoms with Crippen molar-refractivity contribution in [2.24, 2.45) is 0 Å². The van der Waals surface area contributed by atoms with E-state index in [-0.39, 0.29) is 6.42 Å². The Morgan fingerprint density at radius 3 is 2.19 bits per heavy atom. The first kappa shape index (κ1) is 17.6. The molecule has 2 N–H and O–H groups in total. The summed E-state index contributed by atoms with van der Waals surface area (Å²) in [5.41, 5.74) is -0.176. The van der Waals surface area contributed by atoms with Gasteiger partial charge in [-0.25, -0.2) is 4.79 Å². The maximum Gasteiger partial charge on any atom is 0.408 e. The van der Waals surface area contributed by atoms with Gasteiger partial charge in [-0.2, -0.15) is 0 Å². The number of carboxylic acids is 1. The summed E-state index contributed by atoms with van der Waals surface area (Å²) < 4.78 is 5.12. The van der Waals surface area contributed by atoms with Gasteiger partial charge in [0.15, 0.2) is 0 Å². The van der Waals surface area contributed by atoms with Crippen LogP contribution < -0.4 is 5.32 Å². The highest BCUT2D eigenvalue weighted by molar-refractivity contribution is 6.34. The summed E-state index contributed by atoms with van der Waals surface area (Å²) in [6.07, 6.45) is -1.01. The van der Waals surface area contributed by atoms with Crippen LogP contribution in [0.3, 0.4) is 0 Å². The molecule has 0 aromatic heterocycles. The lowest BCUT2D eigenvalue weighted by atomic mass is 10.0. The van der Waals surface area contributed by atoms with Crippen LogP contribution in [0, 0.1) is 0 Å². The van der Waals surface area contributed by atoms with Crippen molar-refractivity contribution in [3.05, 3.63) is 33.8 Å². The minimum Gasteiger partial charge on any atom is -0.481 e. The van der Waals surface area contributed by atoms with Crippen LogP contribution in [-0.4, -0.2) is 22.8 Å². The Bertz CT molecular complexity index is 520. The molecular formula is C14H17Cl2NO4. The Kier molecular flexibility index (Phi) is 5.87. The second-order valence-corrected chi connectivity index (χ2v) is 6.37. The smallest absolute Gasteiger partial charge is 0.408 e. The quantitative estimate of drug-likeness (QED) is 0.871. The molecule has 0 aliphatic carbocycles. The fraction of sp³-hybridized carbons (Fsp3) is 0.429. The van der Waals surface area contributed by atoms with Crippen molar-refractivity contribution < 1.29 is 19.4 Å². The molecule has 0 spiro atoms. The number of aliphatic carboxylic acids is 1. The van der Waals surface area contributed by atoms with Crippen LogP contribution in [-0.2, 0) is 9.53 Å². The largest absolute Gasteiger partial charge is 0.481 e. The maximum absolute atomic E-state index is 11.8. The van der Waals surface area contributed by atoms with Gasteiger partial charge < -0.3 is 15.2 Å². The van der Waals surface area contributed by atoms with Gasteiger partial charge >= 0.3 is 12.1 Å². The van der Waals surface area contributed by atoms with Crippen LogP contribution in [0.5, 0.6) is 0 Å². The fourth-order valence-corrected chi connectivity index (χ4v) is 2.20. The second kappa shape index (κ2) is 7.00. The van der Waals surface area contributed by atoms with Crippen molar-refractivity contribution in [1.82, 2.24) is 5.32 Å². The van der Waals surface area contributed by atoms with Crippen LogP contribution in [0.25, 0.3) is 0 Å². The lowest BCUT2D eigenvalue weighted by molar-refractivity contribution is -0.137. The van der Waals surface area contributed by atoms with Crippen molar-refractivity contribution in [3.63, 3.8) is 0 Å². The molecule has 0 saturated heterocycles. The number of hydrogen-bond donors (Lipinski definition) is 2. The minimum atomic E-state index is -1.06. The maximum atomic E-state index is 11.8. The standard InChI is InChI=1S/C14H17Cl2NO4/c1-14(2,3)21-13(20)17-11(7-12(18)19)8-4-9(15)6-10(16)5-8/h4-6,11H,7H2,1-3H3,(H,17,20)(H,18,19). The van der Waals surface area contributed by atoms with Crippen molar-refractivity contribution in [1.29, 1.82) is 0 Å². The molecule has 1 unspecified atom stereocenters. The molecule has 1 aromatic rings. The number of carboxylic acid groups (broad SMARTS) is 1. The lowest BCUT2D eigenvalue weighted by Gasteiger charge is -2.23. The topological polar surface area (TPSA) is 75.6 Å². The summed E-state index contributed by atoms with van der Waals surface area (Å²) in [7, 11) is 0. The number of nitrogens with one attached hydrogen (secondary N) is 1. The molecule has 1 aromatic carbocycles. The Balaban J connectivity index is 2.95. The average molecular weight is 334 g/mol. The van der Waals surface area contributed by atoms with Gasteiger partial charge in [-0.15, -0.1) is 0 Å². The zero-order valence-electron chi connectivity index (χ0n) is 11.9. The highest BCUT2D eigenvalue weighted by Crippen LogP contribution is 2.25. The number of halogens is 2. The van der Waals surface area contributed by atoms with E-state index in [9.17, 15) is 9.59 Å². The summed E-state index contributed by atoms with van der Waals surface area (Å²) in [5, 5.41) is 12.2. The number of rotatable bonds is 4. The van der Waals surface area contributed by atoms with E-state index in [1.807, 2.05) is 0 Å². The molecule has 0 heterocycles. The molecule has 116 valence electrons. The van der Waals surface area contributed by atoms with Crippen LogP contribution in [0.15, 0.2) is 18.2 Å². The summed E-state index contributed by atoms with van der Waals surface area (Å²) in [6.45, 7) is 5.15. The van der Waals surface area contributed by atoms with Crippen molar-refractivity contribution >= 4 is 35.3 Å². The predicted molar refractivity (Wildman–Crippen MR) is 80.8 cm³/mol. The SMILES string of the molecule is CC(C)(C)OC(=O)NC(CC(=O)O)c1cc(Cl)cc(Cl)c1. The van der Waals surface area contributed by atoms with Gasteiger partial charge in [0.25, 0.3) is 0 Å². The molecule has 0 fully saturated rings. The molecule has 1 amide bonds. The first-order valence-electron chi connectivity index (χ1n) is 6.24. The first-order chi connectivity index (χ1) is 9.56. The monoisotopic (exact) mass is 333 g/mol. The highest BCUT2D eigenvalue weighted by atomic mass is 35.5. The third-order valence-corrected chi connectivity index (χ3v) is 2.79. The Labute approximate surface area is 133 Å². The molecule has 5 nitrogen and oxygen atoms in total. The number of carbonyl (C=O) groups is 2. The zero-order chi connectivity index (χ0) is 16.2. The third kappa shape index (κ3) is 6.69. The van der Waals surface area contributed by atoms with E-state index in [2.05, 4.69) is 5.32 Å². The zero-order valence-corrected chi connectivity index (χ0v) is 13.5. The number of hydrogen-bond acceptors (Lipinski definition) is 3. The molecular weight excluding hydrogens is 317 g/mol. The van der Waals surface area contributed by atoms with Crippen LogP contribution >= 0.6 is 23.2 Å². The van der Waals surface area contributed by atoms with E-state index in [0.29, 0.717) is 15.6 Å². The number of alkyl carbamates (subject to hydrolysis) is 1. The van der Waals surface area contributed by atoms with Crippen molar-refractivity contribution in [3.8, 4) is 0 Å². The Morgan fingerprint density at radius 1 is 1.24 bits per heavy atom. The number of ether oxygens (including phenoxy) is 1. The summed E-state index contributed by atoms with van der Waals surface area (Å²) in [5.74, 6) is -1.06. The molecule has 1 atom stereocenters. The molecule has 1 rings (SSSR count). The van der Waals surface area contributed by atoms with Gasteiger partial charge in [-0.05, 0) is 44.5 Å². The van der Waals surface area contributed by atoms with Gasteiger partial charge in [0.1, 0.15) is 5.60 Å². The van der Waals surface area contributed by atoms with Gasteiger partial charge in [0.2, 0.25) is 0 Å². The van der Waals surface area contributed by atoms with E-state index in [1.54, 1.807) is 32.9 Å². The third-order valence-electron chi connectivity index (χ3n) is 2.36. The highest BCUT2D eigenvalue weighted by Gasteiger charge is 2.23. The van der Waals surface area contributed by atoms with Crippen LogP contribution in [0.1, 0.15) is 38.8 Å². The van der Waals surface area contributed by atoms with E-state index in [1.165, 1.54) is 6.07 Å². The van der Waals surface area contributed by atoms with E-state index in [0.717, 1.165) is 0 Å². The molecule has 21 heavy (non-hydrogen) atoms. The first-order valence-corrected chi connectivity index (χ1v) is 7.00. The minimum absolute atomic E-state index is 0.310. The lowest BCUT2D eigenvalue weighted by Crippen LogP contribution is -2.35. The van der Waals surface area contributed by atoms with Crippen LogP contribution in [0.2, 0.25) is 10.0 Å². The van der Waals surface area contributed by atoms with Crippen molar-refractivity contribution in [2.75, 3.05) is 0 Å². The van der Waals surface area contributed by atoms with Crippen LogP contribution in [0.4, 0.5) is 4.79 Å². The number of carbonyl (C=O) groups excluding carboxylic acids is 1. The fourth-order valence-electron chi connectivity index (χ4n) is 1.65. The van der Waals surface area contributed by atoms with E-state index >= 15 is 0 Å². The van der Waals surface area contributed by atoms with Crippen molar-refractivity contribution in [2.45, 2.75) is 38.8 Å². The molecule has 0 aliphatic rings. The summed E-state index contributed by atoms with van der Waals surface area (Å²) >= 11 is 11.8. The molecule has 0 aliphatic heterocycles. The predicted octanol–water partition coefficient (Wildman–Crippen LogP) is 4.03. The molecule has 0 saturated carbocycles. The molecule has 0 radical (unpaired) electrons. The summed E-state index contributed by atoms with van der Waals surface area (Å²) in [4.78, 5) is 22.8. The van der Waals surface area contributed by atoms with Gasteiger partial charge in [-0.3, -0.25) is 4.79 Å². The van der Waals surface area contributed by atoms with Gasteiger partial charge in [0.05, 0.1) is 12.5 Å². The van der Waals surface area contributed by atoms with Gasteiger partial charge in [-0.1, -0.05) is 23.2 Å². The number of benzene rings is 1. The Morgan fingerprint density at radius 2 is 1.76 bits per heavy atom. The normalized spacial score (nSPS) is 12.6. The van der Waals surface area contributed by atoms with E-state index < -0.39 is 23.7 Å². The molecule has 0 bridgehead atoms. The second-order valence-electron chi connectivity index (χ2n) is 5.50. The Hall–Kier alpha value is -1.46. The average Bonchev–Trinajstić information content (AvgIpc) is 2.23. The summed E-state index contributed by atoms with van der Waals surface area (Å²) in [6, 6.07) is 3.85.